The monoisotopic (exact) mass is 256 g/mol. The Morgan fingerprint density at radius 2 is 2.50 bits per heavy atom. The molecule has 14 heavy (non-hydrogen) atoms. The molecule has 0 radical (unpaired) electrons. The van der Waals surface area contributed by atoms with Crippen LogP contribution >= 0.6 is 15.9 Å². The zero-order valence-electron chi connectivity index (χ0n) is 8.09. The summed E-state index contributed by atoms with van der Waals surface area (Å²) >= 11 is 3.43. The Bertz CT molecular complexity index is 326. The van der Waals surface area contributed by atoms with Gasteiger partial charge in [-0.15, -0.1) is 0 Å². The van der Waals surface area contributed by atoms with E-state index in [2.05, 4.69) is 26.2 Å². The molecule has 4 heteroatoms. The predicted octanol–water partition coefficient (Wildman–Crippen LogP) is 1.89. The van der Waals surface area contributed by atoms with E-state index in [0.29, 0.717) is 6.04 Å². The highest BCUT2D eigenvalue weighted by Crippen LogP contribution is 2.20. The summed E-state index contributed by atoms with van der Waals surface area (Å²) in [6, 6.07) is 2.48. The van der Waals surface area contributed by atoms with Gasteiger partial charge in [-0.1, -0.05) is 0 Å². The van der Waals surface area contributed by atoms with Crippen molar-refractivity contribution in [1.82, 2.24) is 10.3 Å². The summed E-state index contributed by atoms with van der Waals surface area (Å²) in [7, 11) is 0. The van der Waals surface area contributed by atoms with E-state index in [4.69, 9.17) is 4.74 Å². The number of hydrogen-bond acceptors (Lipinski definition) is 3. The molecule has 76 valence electrons. The van der Waals surface area contributed by atoms with Crippen LogP contribution in [-0.4, -0.2) is 24.2 Å². The summed E-state index contributed by atoms with van der Waals surface area (Å²) < 4.78 is 6.59. The molecule has 1 saturated heterocycles. The van der Waals surface area contributed by atoms with Crippen molar-refractivity contribution in [3.05, 3.63) is 22.4 Å². The first-order valence-corrected chi connectivity index (χ1v) is 5.53. The standard InChI is InChI=1S/C10H13BrN2O/c1-7-10(11)4-9(5-13-7)14-6-8-2-3-12-8/h4-5,8,12H,2-3,6H2,1H3/t8-/m1/s1. The van der Waals surface area contributed by atoms with Crippen molar-refractivity contribution in [2.24, 2.45) is 0 Å². The smallest absolute Gasteiger partial charge is 0.138 e. The predicted molar refractivity (Wildman–Crippen MR) is 58.6 cm³/mol. The average molecular weight is 257 g/mol. The summed E-state index contributed by atoms with van der Waals surface area (Å²) in [4.78, 5) is 4.21. The first-order valence-electron chi connectivity index (χ1n) is 4.74. The molecule has 0 unspecified atom stereocenters. The van der Waals surface area contributed by atoms with Gasteiger partial charge in [0.2, 0.25) is 0 Å². The largest absolute Gasteiger partial charge is 0.490 e. The van der Waals surface area contributed by atoms with Crippen LogP contribution < -0.4 is 10.1 Å². The highest BCUT2D eigenvalue weighted by atomic mass is 79.9. The molecule has 0 bridgehead atoms. The molecule has 0 saturated carbocycles. The number of halogens is 1. The van der Waals surface area contributed by atoms with Gasteiger partial charge in [-0.05, 0) is 41.9 Å². The lowest BCUT2D eigenvalue weighted by atomic mass is 10.1. The van der Waals surface area contributed by atoms with E-state index in [9.17, 15) is 0 Å². The van der Waals surface area contributed by atoms with E-state index in [1.165, 1.54) is 6.42 Å². The molecule has 0 aliphatic carbocycles. The number of nitrogens with one attached hydrogen (secondary N) is 1. The van der Waals surface area contributed by atoms with E-state index >= 15 is 0 Å². The Labute approximate surface area is 92.0 Å². The quantitative estimate of drug-likeness (QED) is 0.897. The fraction of sp³-hybridized carbons (Fsp3) is 0.500. The topological polar surface area (TPSA) is 34.1 Å². The van der Waals surface area contributed by atoms with Gasteiger partial charge in [0, 0.05) is 10.5 Å². The second-order valence-corrected chi connectivity index (χ2v) is 4.34. The van der Waals surface area contributed by atoms with Crippen LogP contribution in [0.4, 0.5) is 0 Å². The maximum Gasteiger partial charge on any atom is 0.138 e. The maximum absolute atomic E-state index is 5.59. The maximum atomic E-state index is 5.59. The van der Waals surface area contributed by atoms with Gasteiger partial charge < -0.3 is 10.1 Å². The normalized spacial score (nSPS) is 20.3. The fourth-order valence-corrected chi connectivity index (χ4v) is 1.58. The molecule has 1 N–H and O–H groups in total. The molecule has 0 aromatic carbocycles. The lowest BCUT2D eigenvalue weighted by Crippen LogP contribution is -2.46. The van der Waals surface area contributed by atoms with Crippen LogP contribution in [0, 0.1) is 6.92 Å². The van der Waals surface area contributed by atoms with Crippen LogP contribution in [0.2, 0.25) is 0 Å². The van der Waals surface area contributed by atoms with Crippen molar-refractivity contribution in [2.75, 3.05) is 13.2 Å². The first kappa shape index (κ1) is 9.93. The lowest BCUT2D eigenvalue weighted by Gasteiger charge is -2.27. The molecule has 2 rings (SSSR count). The van der Waals surface area contributed by atoms with E-state index < -0.39 is 0 Å². The molecule has 0 amide bonds. The molecule has 1 aliphatic heterocycles. The number of hydrogen-bond donors (Lipinski definition) is 1. The third-order valence-corrected chi connectivity index (χ3v) is 3.18. The minimum absolute atomic E-state index is 0.523. The van der Waals surface area contributed by atoms with Gasteiger partial charge in [0.15, 0.2) is 0 Å². The number of aromatic nitrogens is 1. The first-order chi connectivity index (χ1) is 6.75. The van der Waals surface area contributed by atoms with Crippen molar-refractivity contribution < 1.29 is 4.74 Å². The lowest BCUT2D eigenvalue weighted by molar-refractivity contribution is 0.217. The highest BCUT2D eigenvalue weighted by molar-refractivity contribution is 9.10. The van der Waals surface area contributed by atoms with Gasteiger partial charge in [-0.2, -0.15) is 0 Å². The Morgan fingerprint density at radius 1 is 1.71 bits per heavy atom. The number of rotatable bonds is 3. The molecule has 2 heterocycles. The Kier molecular flexibility index (Phi) is 3.03. The van der Waals surface area contributed by atoms with Gasteiger partial charge in [-0.3, -0.25) is 4.98 Å². The van der Waals surface area contributed by atoms with Gasteiger partial charge in [0.1, 0.15) is 12.4 Å². The van der Waals surface area contributed by atoms with Gasteiger partial charge in [0.25, 0.3) is 0 Å². The van der Waals surface area contributed by atoms with Crippen LogP contribution in [0.5, 0.6) is 5.75 Å². The minimum atomic E-state index is 0.523. The van der Waals surface area contributed by atoms with Crippen LogP contribution in [0.15, 0.2) is 16.7 Å². The second kappa shape index (κ2) is 4.28. The van der Waals surface area contributed by atoms with E-state index in [-0.39, 0.29) is 0 Å². The van der Waals surface area contributed by atoms with E-state index in [1.54, 1.807) is 6.20 Å². The summed E-state index contributed by atoms with van der Waals surface area (Å²) in [5.41, 5.74) is 0.985. The van der Waals surface area contributed by atoms with Crippen molar-refractivity contribution in [3.63, 3.8) is 0 Å². The summed E-state index contributed by atoms with van der Waals surface area (Å²) in [5, 5.41) is 3.28. The molecule has 0 spiro atoms. The Hall–Kier alpha value is -0.610. The van der Waals surface area contributed by atoms with Gasteiger partial charge in [0.05, 0.1) is 11.9 Å². The minimum Gasteiger partial charge on any atom is -0.490 e. The summed E-state index contributed by atoms with van der Waals surface area (Å²) in [6.07, 6.45) is 2.97. The van der Waals surface area contributed by atoms with Crippen molar-refractivity contribution in [2.45, 2.75) is 19.4 Å². The molecular weight excluding hydrogens is 244 g/mol. The number of ether oxygens (including phenoxy) is 1. The molecule has 1 fully saturated rings. The zero-order valence-corrected chi connectivity index (χ0v) is 9.67. The van der Waals surface area contributed by atoms with Crippen molar-refractivity contribution in [1.29, 1.82) is 0 Å². The van der Waals surface area contributed by atoms with Crippen molar-refractivity contribution in [3.8, 4) is 5.75 Å². The van der Waals surface area contributed by atoms with Gasteiger partial charge in [-0.25, -0.2) is 0 Å². The zero-order chi connectivity index (χ0) is 9.97. The molecule has 1 aromatic rings. The molecule has 3 nitrogen and oxygen atoms in total. The van der Waals surface area contributed by atoms with E-state index in [0.717, 1.165) is 29.1 Å². The number of pyridine rings is 1. The Morgan fingerprint density at radius 3 is 3.07 bits per heavy atom. The Balaban J connectivity index is 1.91. The third-order valence-electron chi connectivity index (χ3n) is 2.38. The molecular formula is C10H13BrN2O. The fourth-order valence-electron chi connectivity index (χ4n) is 1.26. The van der Waals surface area contributed by atoms with Crippen LogP contribution in [-0.2, 0) is 0 Å². The summed E-state index contributed by atoms with van der Waals surface area (Å²) in [5.74, 6) is 0.830. The SMILES string of the molecule is Cc1ncc(OC[C@H]2CCN2)cc1Br. The van der Waals surface area contributed by atoms with Crippen molar-refractivity contribution >= 4 is 15.9 Å². The van der Waals surface area contributed by atoms with E-state index in [1.807, 2.05) is 13.0 Å². The summed E-state index contributed by atoms with van der Waals surface area (Å²) in [6.45, 7) is 3.81. The van der Waals surface area contributed by atoms with Gasteiger partial charge >= 0.3 is 0 Å². The van der Waals surface area contributed by atoms with Crippen LogP contribution in [0.1, 0.15) is 12.1 Å². The average Bonchev–Trinajstić information content (AvgIpc) is 2.08. The number of nitrogens with zero attached hydrogens (tertiary/aromatic N) is 1. The van der Waals surface area contributed by atoms with Crippen LogP contribution in [0.3, 0.4) is 0 Å². The second-order valence-electron chi connectivity index (χ2n) is 3.49. The molecule has 1 aromatic heterocycles. The molecule has 1 atom stereocenters. The third kappa shape index (κ3) is 2.25. The number of aryl methyl sites for hydroxylation is 1. The van der Waals surface area contributed by atoms with Crippen LogP contribution in [0.25, 0.3) is 0 Å². The highest BCUT2D eigenvalue weighted by Gasteiger charge is 2.16. The molecule has 1 aliphatic rings.